The molecule has 2 unspecified atom stereocenters. The molecule has 0 fully saturated rings. The molecule has 0 N–H and O–H groups in total. The van der Waals surface area contributed by atoms with Gasteiger partial charge in [0.25, 0.3) is 0 Å². The van der Waals surface area contributed by atoms with Crippen LogP contribution < -0.4 is 9.79 Å². The molecular weight excluding hydrogens is 206 g/mol. The van der Waals surface area contributed by atoms with Crippen LogP contribution in [0.1, 0.15) is 0 Å². The molecule has 0 amide bonds. The van der Waals surface area contributed by atoms with Gasteiger partial charge >= 0.3 is 33.1 Å². The summed E-state index contributed by atoms with van der Waals surface area (Å²) in [5.74, 6) is 0. The minimum Gasteiger partial charge on any atom is -0.595 e. The van der Waals surface area contributed by atoms with Gasteiger partial charge in [0.2, 0.25) is 0 Å². The van der Waals surface area contributed by atoms with Gasteiger partial charge in [-0.3, -0.25) is 0 Å². The smallest absolute Gasteiger partial charge is 0.595 e. The molecule has 0 aromatic carbocycles. The molecule has 0 aliphatic rings. The van der Waals surface area contributed by atoms with E-state index in [4.69, 9.17) is 0 Å². The van der Waals surface area contributed by atoms with Gasteiger partial charge in [-0.1, -0.05) is 9.13 Å². The molecule has 4 nitrogen and oxygen atoms in total. The minimum absolute atomic E-state index is 0. The Kier molecular flexibility index (Phi) is 9.25. The minimum atomic E-state index is -2.52. The summed E-state index contributed by atoms with van der Waals surface area (Å²) in [6, 6.07) is 0. The molecule has 0 rings (SSSR count). The molecule has 0 heterocycles. The molecule has 0 aliphatic heterocycles. The zero-order valence-electron chi connectivity index (χ0n) is 4.30. The van der Waals surface area contributed by atoms with Crippen LogP contribution in [-0.4, -0.2) is 12.3 Å². The Morgan fingerprint density at radius 3 is 1.33 bits per heavy atom. The van der Waals surface area contributed by atoms with Crippen molar-refractivity contribution >= 4 is 16.1 Å². The van der Waals surface area contributed by atoms with E-state index < -0.39 is 16.1 Å². The summed E-state index contributed by atoms with van der Waals surface area (Å²) in [6.07, 6.45) is -0.512. The van der Waals surface area contributed by atoms with Gasteiger partial charge in [0.15, 0.2) is 12.3 Å². The topological polar surface area (TPSA) is 80.3 Å². The fourth-order valence-electron chi connectivity index (χ4n) is 0.163. The van der Waals surface area contributed by atoms with Gasteiger partial charge < -0.3 is 9.79 Å². The molecule has 9 heavy (non-hydrogen) atoms. The Morgan fingerprint density at radius 1 is 1.00 bits per heavy atom. The van der Waals surface area contributed by atoms with Crippen LogP contribution in [0.3, 0.4) is 0 Å². The normalized spacial score (nSPS) is 11.8. The average molecular weight is 210 g/mol. The Hall–Kier alpha value is 0.639. The fraction of sp³-hybridized carbons (Fsp3) is 1.00. The van der Waals surface area contributed by atoms with E-state index in [1.807, 2.05) is 0 Å². The van der Waals surface area contributed by atoms with E-state index in [0.717, 1.165) is 0 Å². The third-order valence-corrected chi connectivity index (χ3v) is 2.00. The van der Waals surface area contributed by atoms with E-state index in [0.29, 0.717) is 0 Å². The molecule has 0 aromatic rings. The summed E-state index contributed by atoms with van der Waals surface area (Å²) >= 11 is 0. The van der Waals surface area contributed by atoms with E-state index in [1.54, 1.807) is 0 Å². The molecule has 52 valence electrons. The van der Waals surface area contributed by atoms with Crippen molar-refractivity contribution in [3.8, 4) is 0 Å². The van der Waals surface area contributed by atoms with Crippen LogP contribution >= 0.6 is 16.1 Å². The molecule has 0 saturated carbocycles. The maximum atomic E-state index is 9.67. The van der Waals surface area contributed by atoms with Gasteiger partial charge in [-0.25, -0.2) is 0 Å². The zero-order valence-corrected chi connectivity index (χ0v) is 7.19. The van der Waals surface area contributed by atoms with Crippen molar-refractivity contribution in [1.29, 1.82) is 0 Å². The number of hydrogen-bond donors (Lipinski definition) is 0. The second-order valence-corrected chi connectivity index (χ2v) is 3.34. The maximum absolute atomic E-state index is 9.67. The van der Waals surface area contributed by atoms with Gasteiger partial charge in [-0.2, -0.15) is 0 Å². The van der Waals surface area contributed by atoms with Crippen molar-refractivity contribution in [3.05, 3.63) is 0 Å². The zero-order chi connectivity index (χ0) is 6.57. The Bertz CT molecular complexity index is 101. The first kappa shape index (κ1) is 12.3. The standard InChI is InChI=1S/C2H4O4P2.Fe/c3-7(4)1-2-8(5)6;/h1-2H2;/q;+2. The fourth-order valence-corrected chi connectivity index (χ4v) is 1.47. The summed E-state index contributed by atoms with van der Waals surface area (Å²) < 4.78 is 19.3. The molecule has 2 atom stereocenters. The van der Waals surface area contributed by atoms with Crippen LogP contribution in [-0.2, 0) is 26.2 Å². The van der Waals surface area contributed by atoms with Crippen molar-refractivity contribution in [2.24, 2.45) is 0 Å². The van der Waals surface area contributed by atoms with Crippen molar-refractivity contribution in [2.75, 3.05) is 12.3 Å². The van der Waals surface area contributed by atoms with E-state index in [9.17, 15) is 18.9 Å². The van der Waals surface area contributed by atoms with Gasteiger partial charge in [0.1, 0.15) is 0 Å². The summed E-state index contributed by atoms with van der Waals surface area (Å²) in [4.78, 5) is 19.3. The summed E-state index contributed by atoms with van der Waals surface area (Å²) in [5, 5.41) is 0. The van der Waals surface area contributed by atoms with Crippen LogP contribution in [0.2, 0.25) is 0 Å². The predicted molar refractivity (Wildman–Crippen MR) is 24.9 cm³/mol. The SMILES string of the molecule is O=[P+]([O-])CC[P+](=O)[O-].[Fe+2]. The molecule has 0 aliphatic carbocycles. The van der Waals surface area contributed by atoms with E-state index >= 15 is 0 Å². The van der Waals surface area contributed by atoms with Crippen molar-refractivity contribution in [1.82, 2.24) is 0 Å². The van der Waals surface area contributed by atoms with Crippen molar-refractivity contribution in [3.63, 3.8) is 0 Å². The molecular formula is C2H4FeO4P2+2. The maximum Gasteiger partial charge on any atom is 2.00 e. The first-order chi connectivity index (χ1) is 3.63. The van der Waals surface area contributed by atoms with Gasteiger partial charge in [-0.05, 0) is 0 Å². The van der Waals surface area contributed by atoms with E-state index in [2.05, 4.69) is 0 Å². The summed E-state index contributed by atoms with van der Waals surface area (Å²) in [6.45, 7) is 0. The first-order valence-corrected chi connectivity index (χ1v) is 4.59. The number of rotatable bonds is 3. The van der Waals surface area contributed by atoms with Crippen LogP contribution in [0.15, 0.2) is 0 Å². The Labute approximate surface area is 64.9 Å². The average Bonchev–Trinajstić information content (AvgIpc) is 1.61. The number of hydrogen-bond acceptors (Lipinski definition) is 4. The van der Waals surface area contributed by atoms with E-state index in [-0.39, 0.29) is 29.4 Å². The third-order valence-electron chi connectivity index (χ3n) is 0.465. The van der Waals surface area contributed by atoms with Gasteiger partial charge in [0, 0.05) is 0 Å². The van der Waals surface area contributed by atoms with Crippen LogP contribution in [0, 0.1) is 0 Å². The van der Waals surface area contributed by atoms with Crippen LogP contribution in [0.4, 0.5) is 0 Å². The second kappa shape index (κ2) is 6.76. The molecule has 0 spiro atoms. The monoisotopic (exact) mass is 210 g/mol. The molecule has 0 aromatic heterocycles. The third kappa shape index (κ3) is 12.0. The molecule has 7 heteroatoms. The van der Waals surface area contributed by atoms with Crippen LogP contribution in [0.5, 0.6) is 0 Å². The first-order valence-electron chi connectivity index (χ1n) is 1.86. The predicted octanol–water partition coefficient (Wildman–Crippen LogP) is -0.811. The Morgan fingerprint density at radius 2 is 1.22 bits per heavy atom. The Balaban J connectivity index is 0. The van der Waals surface area contributed by atoms with Crippen LogP contribution in [0.25, 0.3) is 0 Å². The molecule has 0 radical (unpaired) electrons. The second-order valence-electron chi connectivity index (χ2n) is 1.11. The summed E-state index contributed by atoms with van der Waals surface area (Å²) in [5.41, 5.74) is 0. The molecule has 0 bridgehead atoms. The van der Waals surface area contributed by atoms with Gasteiger partial charge in [0.05, 0.1) is 0 Å². The van der Waals surface area contributed by atoms with Crippen molar-refractivity contribution < 1.29 is 36.0 Å². The summed E-state index contributed by atoms with van der Waals surface area (Å²) in [7, 11) is -5.03. The largest absolute Gasteiger partial charge is 2.00 e. The van der Waals surface area contributed by atoms with Gasteiger partial charge in [-0.15, -0.1) is 0 Å². The van der Waals surface area contributed by atoms with E-state index in [1.165, 1.54) is 0 Å². The molecule has 0 saturated heterocycles. The van der Waals surface area contributed by atoms with Crippen molar-refractivity contribution in [2.45, 2.75) is 0 Å². The quantitative estimate of drug-likeness (QED) is 0.450.